The molecule has 1 unspecified atom stereocenters. The van der Waals surface area contributed by atoms with Crippen LogP contribution in [0.5, 0.6) is 0 Å². The van der Waals surface area contributed by atoms with Crippen LogP contribution >= 0.6 is 0 Å². The average Bonchev–Trinajstić information content (AvgIpc) is 1.83. The maximum atomic E-state index is 10.3. The molecule has 0 aliphatic heterocycles. The molecule has 0 rings (SSSR count). The third kappa shape index (κ3) is 7.73. The van der Waals surface area contributed by atoms with Crippen molar-refractivity contribution in [2.45, 2.75) is 25.9 Å². The molecule has 5 nitrogen and oxygen atoms in total. The summed E-state index contributed by atoms with van der Waals surface area (Å²) in [6, 6.07) is 0. The summed E-state index contributed by atoms with van der Waals surface area (Å²) in [5, 5.41) is 13.7. The van der Waals surface area contributed by atoms with Crippen LogP contribution in [0.4, 0.5) is 0 Å². The first-order valence-corrected chi connectivity index (χ1v) is 4.95. The van der Waals surface area contributed by atoms with Crippen molar-refractivity contribution in [2.24, 2.45) is 5.14 Å². The molecule has 0 radical (unpaired) electrons. The van der Waals surface area contributed by atoms with E-state index in [4.69, 9.17) is 5.11 Å². The van der Waals surface area contributed by atoms with E-state index in [1.54, 1.807) is 0 Å². The van der Waals surface area contributed by atoms with Crippen molar-refractivity contribution in [3.63, 3.8) is 0 Å². The van der Waals surface area contributed by atoms with Gasteiger partial charge >= 0.3 is 0 Å². The quantitative estimate of drug-likeness (QED) is 0.506. The smallest absolute Gasteiger partial charge is 0.274 e. The molecule has 0 fully saturated rings. The summed E-state index contributed by atoms with van der Waals surface area (Å²) < 4.78 is 22.6. The molecule has 0 aliphatic rings. The summed E-state index contributed by atoms with van der Waals surface area (Å²) in [5.41, 5.74) is 0. The van der Waals surface area contributed by atoms with Gasteiger partial charge in [0.05, 0.1) is 6.10 Å². The van der Waals surface area contributed by atoms with Crippen LogP contribution in [0, 0.1) is 0 Å². The molecule has 11 heavy (non-hydrogen) atoms. The highest BCUT2D eigenvalue weighted by molar-refractivity contribution is 7.87. The first-order valence-electron chi connectivity index (χ1n) is 3.41. The van der Waals surface area contributed by atoms with Crippen LogP contribution in [0.25, 0.3) is 0 Å². The lowest BCUT2D eigenvalue weighted by Gasteiger charge is -2.07. The molecule has 0 bridgehead atoms. The molecule has 0 amide bonds. The lowest BCUT2D eigenvalue weighted by atomic mass is 10.2. The van der Waals surface area contributed by atoms with E-state index < -0.39 is 16.3 Å². The van der Waals surface area contributed by atoms with Crippen LogP contribution in [-0.2, 0) is 10.2 Å². The predicted molar refractivity (Wildman–Crippen MR) is 42.0 cm³/mol. The van der Waals surface area contributed by atoms with E-state index in [0.29, 0.717) is 6.42 Å². The number of rotatable bonds is 5. The standard InChI is InChI=1S/C5H14N2O3S/c1-2-3-5(8)4-7-11(6,9)10/h5,7-8H,2-4H2,1H3,(H2,6,9,10). The maximum absolute atomic E-state index is 10.3. The maximum Gasteiger partial charge on any atom is 0.274 e. The third-order valence-electron chi connectivity index (χ3n) is 1.14. The molecule has 0 aromatic heterocycles. The molecular weight excluding hydrogens is 168 g/mol. The number of aliphatic hydroxyl groups is 1. The molecule has 0 heterocycles. The Morgan fingerprint density at radius 1 is 1.64 bits per heavy atom. The van der Waals surface area contributed by atoms with E-state index in [1.807, 2.05) is 11.6 Å². The van der Waals surface area contributed by atoms with Crippen LogP contribution in [-0.4, -0.2) is 26.2 Å². The molecule has 0 saturated carbocycles. The minimum absolute atomic E-state index is 0.00727. The van der Waals surface area contributed by atoms with E-state index in [0.717, 1.165) is 6.42 Å². The van der Waals surface area contributed by atoms with E-state index in [1.165, 1.54) is 0 Å². The molecule has 0 saturated heterocycles. The lowest BCUT2D eigenvalue weighted by molar-refractivity contribution is 0.167. The van der Waals surface area contributed by atoms with Gasteiger partial charge in [-0.3, -0.25) is 0 Å². The minimum Gasteiger partial charge on any atom is -0.392 e. The fourth-order valence-electron chi connectivity index (χ4n) is 0.648. The SMILES string of the molecule is CCCC(O)CNS(N)(=O)=O. The Kier molecular flexibility index (Phi) is 4.58. The first-order chi connectivity index (χ1) is 4.95. The average molecular weight is 182 g/mol. The van der Waals surface area contributed by atoms with Gasteiger partial charge in [0.2, 0.25) is 0 Å². The highest BCUT2D eigenvalue weighted by Gasteiger charge is 2.06. The van der Waals surface area contributed by atoms with Crippen LogP contribution in [0.1, 0.15) is 19.8 Å². The third-order valence-corrected chi connectivity index (χ3v) is 1.71. The zero-order chi connectivity index (χ0) is 8.91. The Bertz CT molecular complexity index is 190. The van der Waals surface area contributed by atoms with Crippen LogP contribution < -0.4 is 9.86 Å². The largest absolute Gasteiger partial charge is 0.392 e. The van der Waals surface area contributed by atoms with Crippen molar-refractivity contribution < 1.29 is 13.5 Å². The molecule has 0 aromatic rings. The van der Waals surface area contributed by atoms with Crippen molar-refractivity contribution in [3.8, 4) is 0 Å². The topological polar surface area (TPSA) is 92.4 Å². The van der Waals surface area contributed by atoms with Gasteiger partial charge < -0.3 is 5.11 Å². The number of hydrogen-bond acceptors (Lipinski definition) is 3. The molecule has 4 N–H and O–H groups in total. The van der Waals surface area contributed by atoms with Gasteiger partial charge in [-0.05, 0) is 6.42 Å². The van der Waals surface area contributed by atoms with Gasteiger partial charge in [-0.15, -0.1) is 0 Å². The fraction of sp³-hybridized carbons (Fsp3) is 1.00. The highest BCUT2D eigenvalue weighted by atomic mass is 32.2. The summed E-state index contributed by atoms with van der Waals surface area (Å²) in [6.45, 7) is 1.90. The second-order valence-electron chi connectivity index (χ2n) is 2.34. The van der Waals surface area contributed by atoms with Gasteiger partial charge in [-0.1, -0.05) is 13.3 Å². The summed E-state index contributed by atoms with van der Waals surface area (Å²) >= 11 is 0. The second kappa shape index (κ2) is 4.66. The zero-order valence-electron chi connectivity index (χ0n) is 6.45. The van der Waals surface area contributed by atoms with Crippen LogP contribution in [0.15, 0.2) is 0 Å². The molecule has 0 spiro atoms. The zero-order valence-corrected chi connectivity index (χ0v) is 7.26. The summed E-state index contributed by atoms with van der Waals surface area (Å²) in [6.07, 6.45) is 0.744. The summed E-state index contributed by atoms with van der Waals surface area (Å²) in [4.78, 5) is 0. The molecule has 0 aromatic carbocycles. The first kappa shape index (κ1) is 10.8. The van der Waals surface area contributed by atoms with Crippen molar-refractivity contribution in [1.29, 1.82) is 0 Å². The Balaban J connectivity index is 3.54. The summed E-state index contributed by atoms with van der Waals surface area (Å²) in [5.74, 6) is 0. The summed E-state index contributed by atoms with van der Waals surface area (Å²) in [7, 11) is -3.65. The van der Waals surface area contributed by atoms with E-state index in [-0.39, 0.29) is 6.54 Å². The van der Waals surface area contributed by atoms with E-state index in [2.05, 4.69) is 5.14 Å². The van der Waals surface area contributed by atoms with Crippen molar-refractivity contribution in [2.75, 3.05) is 6.54 Å². The number of nitrogens with one attached hydrogen (secondary N) is 1. The Labute approximate surface area is 66.8 Å². The van der Waals surface area contributed by atoms with Crippen molar-refractivity contribution in [3.05, 3.63) is 0 Å². The number of nitrogens with two attached hydrogens (primary N) is 1. The Morgan fingerprint density at radius 3 is 2.55 bits per heavy atom. The van der Waals surface area contributed by atoms with Gasteiger partial charge in [-0.2, -0.15) is 13.1 Å². The van der Waals surface area contributed by atoms with Gasteiger partial charge in [-0.25, -0.2) is 5.14 Å². The number of aliphatic hydroxyl groups excluding tert-OH is 1. The molecule has 68 valence electrons. The molecule has 1 atom stereocenters. The van der Waals surface area contributed by atoms with Crippen LogP contribution in [0.3, 0.4) is 0 Å². The van der Waals surface area contributed by atoms with E-state index >= 15 is 0 Å². The second-order valence-corrected chi connectivity index (χ2v) is 3.71. The molecular formula is C5H14N2O3S. The van der Waals surface area contributed by atoms with Crippen LogP contribution in [0.2, 0.25) is 0 Å². The fourth-order valence-corrected chi connectivity index (χ4v) is 1.07. The molecule has 0 aliphatic carbocycles. The van der Waals surface area contributed by atoms with Gasteiger partial charge in [0.15, 0.2) is 0 Å². The molecule has 6 heteroatoms. The Morgan fingerprint density at radius 2 is 2.18 bits per heavy atom. The van der Waals surface area contributed by atoms with Crippen molar-refractivity contribution >= 4 is 10.2 Å². The van der Waals surface area contributed by atoms with Gasteiger partial charge in [0.1, 0.15) is 0 Å². The van der Waals surface area contributed by atoms with Gasteiger partial charge in [0, 0.05) is 6.54 Å². The number of hydrogen-bond donors (Lipinski definition) is 3. The Hall–Kier alpha value is -0.170. The highest BCUT2D eigenvalue weighted by Crippen LogP contribution is 1.93. The van der Waals surface area contributed by atoms with Gasteiger partial charge in [0.25, 0.3) is 10.2 Å². The minimum atomic E-state index is -3.65. The van der Waals surface area contributed by atoms with E-state index in [9.17, 15) is 8.42 Å². The normalized spacial score (nSPS) is 14.8. The van der Waals surface area contributed by atoms with Crippen molar-refractivity contribution in [1.82, 2.24) is 4.72 Å². The predicted octanol–water partition coefficient (Wildman–Crippen LogP) is -1.06. The lowest BCUT2D eigenvalue weighted by Crippen LogP contribution is -2.36. The monoisotopic (exact) mass is 182 g/mol.